The van der Waals surface area contributed by atoms with Crippen molar-refractivity contribution in [3.8, 4) is 0 Å². The van der Waals surface area contributed by atoms with Gasteiger partial charge in [0, 0.05) is 40.9 Å². The molecule has 0 radical (unpaired) electrons. The minimum atomic E-state index is -0.0951. The van der Waals surface area contributed by atoms with Crippen LogP contribution in [0.3, 0.4) is 0 Å². The average molecular weight is 409 g/mol. The van der Waals surface area contributed by atoms with Crippen molar-refractivity contribution >= 4 is 34.2 Å². The van der Waals surface area contributed by atoms with E-state index in [4.69, 9.17) is 11.6 Å². The third kappa shape index (κ3) is 5.18. The SMILES string of the molecule is O=C(NCc1ccccc1)N[C@H]1CC[C@@H](Nc2ccnc3cc(Cl)ccc23)CC1. The first-order chi connectivity index (χ1) is 14.2. The van der Waals surface area contributed by atoms with Gasteiger partial charge in [-0.25, -0.2) is 4.79 Å². The molecule has 0 saturated heterocycles. The van der Waals surface area contributed by atoms with Crippen LogP contribution in [-0.4, -0.2) is 23.1 Å². The predicted molar refractivity (Wildman–Crippen MR) is 118 cm³/mol. The Morgan fingerprint density at radius 1 is 1.00 bits per heavy atom. The van der Waals surface area contributed by atoms with Crippen LogP contribution in [0.4, 0.5) is 10.5 Å². The molecule has 0 spiro atoms. The Balaban J connectivity index is 1.26. The van der Waals surface area contributed by atoms with E-state index in [1.54, 1.807) is 0 Å². The van der Waals surface area contributed by atoms with Gasteiger partial charge in [0.05, 0.1) is 5.52 Å². The molecule has 29 heavy (non-hydrogen) atoms. The van der Waals surface area contributed by atoms with Gasteiger partial charge < -0.3 is 16.0 Å². The smallest absolute Gasteiger partial charge is 0.315 e. The van der Waals surface area contributed by atoms with Gasteiger partial charge in [0.25, 0.3) is 0 Å². The monoisotopic (exact) mass is 408 g/mol. The number of nitrogens with zero attached hydrogens (tertiary/aromatic N) is 1. The lowest BCUT2D eigenvalue weighted by Crippen LogP contribution is -2.44. The fourth-order valence-electron chi connectivity index (χ4n) is 3.86. The molecule has 0 bridgehead atoms. The molecule has 6 heteroatoms. The first-order valence-electron chi connectivity index (χ1n) is 10.1. The van der Waals surface area contributed by atoms with Gasteiger partial charge in [-0.3, -0.25) is 4.98 Å². The Morgan fingerprint density at radius 2 is 1.76 bits per heavy atom. The molecule has 3 N–H and O–H groups in total. The van der Waals surface area contributed by atoms with Crippen molar-refractivity contribution in [1.82, 2.24) is 15.6 Å². The van der Waals surface area contributed by atoms with Gasteiger partial charge in [0.1, 0.15) is 0 Å². The molecule has 1 aromatic heterocycles. The van der Waals surface area contributed by atoms with Crippen molar-refractivity contribution in [2.75, 3.05) is 5.32 Å². The lowest BCUT2D eigenvalue weighted by Gasteiger charge is -2.30. The molecule has 1 fully saturated rings. The van der Waals surface area contributed by atoms with Crippen molar-refractivity contribution in [2.45, 2.75) is 44.3 Å². The zero-order chi connectivity index (χ0) is 20.1. The largest absolute Gasteiger partial charge is 0.382 e. The Kier molecular flexibility index (Phi) is 6.15. The normalized spacial score (nSPS) is 18.9. The number of hydrogen-bond acceptors (Lipinski definition) is 3. The second-order valence-corrected chi connectivity index (χ2v) is 7.96. The van der Waals surface area contributed by atoms with E-state index in [9.17, 15) is 4.79 Å². The topological polar surface area (TPSA) is 66.1 Å². The van der Waals surface area contributed by atoms with Crippen LogP contribution < -0.4 is 16.0 Å². The van der Waals surface area contributed by atoms with Crippen LogP contribution in [0.15, 0.2) is 60.8 Å². The van der Waals surface area contributed by atoms with E-state index in [1.165, 1.54) is 0 Å². The van der Waals surface area contributed by atoms with Crippen molar-refractivity contribution in [3.05, 3.63) is 71.4 Å². The predicted octanol–water partition coefficient (Wildman–Crippen LogP) is 5.11. The Labute approximate surface area is 175 Å². The fraction of sp³-hybridized carbons (Fsp3) is 0.304. The Morgan fingerprint density at radius 3 is 2.55 bits per heavy atom. The minimum Gasteiger partial charge on any atom is -0.382 e. The number of halogens is 1. The lowest BCUT2D eigenvalue weighted by molar-refractivity contribution is 0.231. The summed E-state index contributed by atoms with van der Waals surface area (Å²) in [5.74, 6) is 0. The minimum absolute atomic E-state index is 0.0951. The van der Waals surface area contributed by atoms with Gasteiger partial charge in [0.15, 0.2) is 0 Å². The Hall–Kier alpha value is -2.79. The summed E-state index contributed by atoms with van der Waals surface area (Å²) in [6.07, 6.45) is 5.77. The summed E-state index contributed by atoms with van der Waals surface area (Å²) in [7, 11) is 0. The molecule has 4 rings (SSSR count). The summed E-state index contributed by atoms with van der Waals surface area (Å²) >= 11 is 6.08. The molecule has 1 aliphatic rings. The number of carbonyl (C=O) groups excluding carboxylic acids is 1. The molecule has 2 aromatic carbocycles. The molecule has 2 amide bonds. The van der Waals surface area contributed by atoms with E-state index >= 15 is 0 Å². The highest BCUT2D eigenvalue weighted by atomic mass is 35.5. The number of anilines is 1. The number of amides is 2. The highest BCUT2D eigenvalue weighted by Crippen LogP contribution is 2.28. The molecular formula is C23H25ClN4O. The van der Waals surface area contributed by atoms with Crippen molar-refractivity contribution < 1.29 is 4.79 Å². The molecule has 150 valence electrons. The highest BCUT2D eigenvalue weighted by Gasteiger charge is 2.22. The number of pyridine rings is 1. The molecule has 0 aliphatic heterocycles. The Bertz CT molecular complexity index is 971. The average Bonchev–Trinajstić information content (AvgIpc) is 2.74. The highest BCUT2D eigenvalue weighted by molar-refractivity contribution is 6.31. The maximum Gasteiger partial charge on any atom is 0.315 e. The third-order valence-electron chi connectivity index (χ3n) is 5.42. The van der Waals surface area contributed by atoms with Crippen LogP contribution >= 0.6 is 11.6 Å². The molecule has 1 saturated carbocycles. The van der Waals surface area contributed by atoms with E-state index in [0.29, 0.717) is 17.6 Å². The van der Waals surface area contributed by atoms with E-state index in [0.717, 1.165) is 47.8 Å². The van der Waals surface area contributed by atoms with E-state index < -0.39 is 0 Å². The van der Waals surface area contributed by atoms with Gasteiger partial charge in [-0.2, -0.15) is 0 Å². The second kappa shape index (κ2) is 9.14. The van der Waals surface area contributed by atoms with Gasteiger partial charge in [-0.05, 0) is 55.5 Å². The van der Waals surface area contributed by atoms with Gasteiger partial charge in [0.2, 0.25) is 0 Å². The first-order valence-corrected chi connectivity index (χ1v) is 10.4. The number of carbonyl (C=O) groups is 1. The van der Waals surface area contributed by atoms with Gasteiger partial charge >= 0.3 is 6.03 Å². The molecule has 1 aliphatic carbocycles. The standard InChI is InChI=1S/C23H25ClN4O/c24-17-6-11-20-21(12-13-25-22(20)14-17)27-18-7-9-19(10-8-18)28-23(29)26-15-16-4-2-1-3-5-16/h1-6,11-14,18-19H,7-10,15H2,(H,25,27)(H2,26,28,29)/t18-,19+. The summed E-state index contributed by atoms with van der Waals surface area (Å²) in [6.45, 7) is 0.544. The van der Waals surface area contributed by atoms with Gasteiger partial charge in [-0.1, -0.05) is 41.9 Å². The summed E-state index contributed by atoms with van der Waals surface area (Å²) in [5.41, 5.74) is 3.08. The van der Waals surface area contributed by atoms with Crippen LogP contribution in [0.5, 0.6) is 0 Å². The first kappa shape index (κ1) is 19.5. The summed E-state index contributed by atoms with van der Waals surface area (Å²) in [4.78, 5) is 16.6. The maximum absolute atomic E-state index is 12.2. The fourth-order valence-corrected chi connectivity index (χ4v) is 4.03. The van der Waals surface area contributed by atoms with Crippen molar-refractivity contribution in [1.29, 1.82) is 0 Å². The van der Waals surface area contributed by atoms with Crippen LogP contribution in [0.1, 0.15) is 31.2 Å². The summed E-state index contributed by atoms with van der Waals surface area (Å²) in [5, 5.41) is 11.5. The van der Waals surface area contributed by atoms with E-state index in [1.807, 2.05) is 60.8 Å². The van der Waals surface area contributed by atoms with Crippen LogP contribution in [0.2, 0.25) is 5.02 Å². The zero-order valence-electron chi connectivity index (χ0n) is 16.2. The number of aromatic nitrogens is 1. The molecule has 0 unspecified atom stereocenters. The molecule has 3 aromatic rings. The number of benzene rings is 2. The molecule has 5 nitrogen and oxygen atoms in total. The van der Waals surface area contributed by atoms with Crippen molar-refractivity contribution in [3.63, 3.8) is 0 Å². The number of fused-ring (bicyclic) bond motifs is 1. The zero-order valence-corrected chi connectivity index (χ0v) is 17.0. The van der Waals surface area contributed by atoms with E-state index in [-0.39, 0.29) is 12.1 Å². The molecular weight excluding hydrogens is 384 g/mol. The van der Waals surface area contributed by atoms with Crippen LogP contribution in [-0.2, 0) is 6.54 Å². The van der Waals surface area contributed by atoms with E-state index in [2.05, 4.69) is 20.9 Å². The number of nitrogens with one attached hydrogen (secondary N) is 3. The van der Waals surface area contributed by atoms with Crippen LogP contribution in [0, 0.1) is 0 Å². The number of hydrogen-bond donors (Lipinski definition) is 3. The maximum atomic E-state index is 12.2. The van der Waals surface area contributed by atoms with Crippen molar-refractivity contribution in [2.24, 2.45) is 0 Å². The number of rotatable bonds is 5. The summed E-state index contributed by atoms with van der Waals surface area (Å²) in [6, 6.07) is 18.3. The van der Waals surface area contributed by atoms with Crippen LogP contribution in [0.25, 0.3) is 10.9 Å². The van der Waals surface area contributed by atoms with Gasteiger partial charge in [-0.15, -0.1) is 0 Å². The second-order valence-electron chi connectivity index (χ2n) is 7.53. The molecule has 1 heterocycles. The quantitative estimate of drug-likeness (QED) is 0.549. The third-order valence-corrected chi connectivity index (χ3v) is 5.66. The number of urea groups is 1. The summed E-state index contributed by atoms with van der Waals surface area (Å²) < 4.78 is 0. The lowest BCUT2D eigenvalue weighted by atomic mass is 9.91. The molecule has 0 atom stereocenters.